The molecular formula is C25H29ClN6O4. The van der Waals surface area contributed by atoms with E-state index >= 15 is 0 Å². The number of nitrogens with zero attached hydrogens (tertiary/aromatic N) is 6. The van der Waals surface area contributed by atoms with Crippen LogP contribution in [0.25, 0.3) is 28.1 Å². The van der Waals surface area contributed by atoms with Crippen LogP contribution in [0.4, 0.5) is 0 Å². The van der Waals surface area contributed by atoms with Gasteiger partial charge in [0.15, 0.2) is 0 Å². The van der Waals surface area contributed by atoms with Crippen LogP contribution in [-0.4, -0.2) is 65.4 Å². The Labute approximate surface area is 212 Å². The van der Waals surface area contributed by atoms with Gasteiger partial charge in [0.25, 0.3) is 11.4 Å². The molecule has 11 heteroatoms. The van der Waals surface area contributed by atoms with E-state index in [9.17, 15) is 9.90 Å². The van der Waals surface area contributed by atoms with E-state index in [1.165, 1.54) is 0 Å². The van der Waals surface area contributed by atoms with Crippen molar-refractivity contribution in [1.29, 1.82) is 0 Å². The minimum Gasteiger partial charge on any atom is -0.393 e. The Bertz CT molecular complexity index is 1480. The molecule has 3 aromatic heterocycles. The summed E-state index contributed by atoms with van der Waals surface area (Å²) in [7, 11) is 0. The average molecular weight is 513 g/mol. The lowest BCUT2D eigenvalue weighted by Gasteiger charge is -2.29. The van der Waals surface area contributed by atoms with Gasteiger partial charge in [0.2, 0.25) is 5.82 Å². The van der Waals surface area contributed by atoms with Crippen LogP contribution in [0.3, 0.4) is 0 Å². The highest BCUT2D eigenvalue weighted by Crippen LogP contribution is 2.38. The van der Waals surface area contributed by atoms with Crippen LogP contribution in [0.1, 0.15) is 51.5 Å². The normalized spacial score (nSPS) is 21.2. The van der Waals surface area contributed by atoms with Crippen molar-refractivity contribution in [1.82, 2.24) is 29.0 Å². The van der Waals surface area contributed by atoms with Crippen molar-refractivity contribution in [3.8, 4) is 11.5 Å². The fourth-order valence-corrected chi connectivity index (χ4v) is 5.58. The molecule has 190 valence electrons. The number of halogens is 1. The molecule has 0 bridgehead atoms. The van der Waals surface area contributed by atoms with Crippen LogP contribution in [-0.2, 0) is 11.3 Å². The summed E-state index contributed by atoms with van der Waals surface area (Å²) in [5, 5.41) is 14.5. The Morgan fingerprint density at radius 3 is 2.72 bits per heavy atom. The third-order valence-electron chi connectivity index (χ3n) is 7.31. The first-order chi connectivity index (χ1) is 17.3. The molecule has 1 N–H and O–H groups in total. The van der Waals surface area contributed by atoms with Crippen molar-refractivity contribution in [2.75, 3.05) is 19.6 Å². The van der Waals surface area contributed by atoms with Crippen molar-refractivity contribution in [3.05, 3.63) is 45.8 Å². The van der Waals surface area contributed by atoms with Crippen molar-refractivity contribution in [2.45, 2.75) is 63.9 Å². The van der Waals surface area contributed by atoms with Gasteiger partial charge < -0.3 is 23.8 Å². The van der Waals surface area contributed by atoms with E-state index < -0.39 is 0 Å². The molecule has 1 unspecified atom stereocenters. The summed E-state index contributed by atoms with van der Waals surface area (Å²) in [6.45, 7) is 6.81. The predicted molar refractivity (Wildman–Crippen MR) is 134 cm³/mol. The Morgan fingerprint density at radius 1 is 1.17 bits per heavy atom. The van der Waals surface area contributed by atoms with Crippen LogP contribution < -0.4 is 5.56 Å². The van der Waals surface area contributed by atoms with E-state index in [1.807, 2.05) is 26.0 Å². The minimum absolute atomic E-state index is 0.218. The van der Waals surface area contributed by atoms with Gasteiger partial charge in [-0.2, -0.15) is 4.98 Å². The van der Waals surface area contributed by atoms with E-state index in [-0.39, 0.29) is 29.2 Å². The fourth-order valence-electron chi connectivity index (χ4n) is 5.31. The third-order valence-corrected chi connectivity index (χ3v) is 7.61. The molecular weight excluding hydrogens is 484 g/mol. The summed E-state index contributed by atoms with van der Waals surface area (Å²) in [6, 6.07) is 5.56. The van der Waals surface area contributed by atoms with Crippen molar-refractivity contribution in [3.63, 3.8) is 0 Å². The molecule has 2 fully saturated rings. The second-order valence-corrected chi connectivity index (χ2v) is 10.7. The lowest BCUT2D eigenvalue weighted by atomic mass is 10.1. The van der Waals surface area contributed by atoms with E-state index in [0.29, 0.717) is 40.7 Å². The molecule has 5 heterocycles. The van der Waals surface area contributed by atoms with Crippen molar-refractivity contribution in [2.24, 2.45) is 0 Å². The maximum atomic E-state index is 13.9. The van der Waals surface area contributed by atoms with E-state index in [0.717, 1.165) is 44.3 Å². The number of aliphatic hydroxyl groups is 1. The quantitative estimate of drug-likeness (QED) is 0.433. The summed E-state index contributed by atoms with van der Waals surface area (Å²) in [5.41, 5.74) is 1.72. The molecule has 0 radical (unpaired) electrons. The number of aromatic nitrogens is 5. The number of imidazole rings is 1. The maximum absolute atomic E-state index is 13.9. The number of piperidine rings is 1. The summed E-state index contributed by atoms with van der Waals surface area (Å²) >= 11 is 6.60. The van der Waals surface area contributed by atoms with Gasteiger partial charge in [-0.25, -0.2) is 4.98 Å². The van der Waals surface area contributed by atoms with Crippen LogP contribution in [0.5, 0.6) is 0 Å². The number of para-hydroxylation sites is 1. The van der Waals surface area contributed by atoms with Gasteiger partial charge in [0, 0.05) is 26.2 Å². The minimum atomic E-state index is -0.269. The molecule has 1 atom stereocenters. The summed E-state index contributed by atoms with van der Waals surface area (Å²) in [4.78, 5) is 25.2. The molecule has 2 aliphatic rings. The number of hydrogen-bond acceptors (Lipinski definition) is 8. The number of rotatable bonds is 5. The number of fused-ring (bicyclic) bond motifs is 3. The largest absolute Gasteiger partial charge is 0.393 e. The fraction of sp³-hybridized carbons (Fsp3) is 0.520. The first-order valence-electron chi connectivity index (χ1n) is 12.4. The number of likely N-dealkylation sites (tertiary alicyclic amines) is 1. The third kappa shape index (κ3) is 4.11. The number of benzene rings is 1. The van der Waals surface area contributed by atoms with Crippen molar-refractivity contribution < 1.29 is 14.4 Å². The number of ether oxygens (including phenoxy) is 1. The monoisotopic (exact) mass is 512 g/mol. The first-order valence-corrected chi connectivity index (χ1v) is 12.8. The summed E-state index contributed by atoms with van der Waals surface area (Å²) in [5.74, 6) is 0.657. The average Bonchev–Trinajstić information content (AvgIpc) is 3.58. The maximum Gasteiger partial charge on any atom is 0.277 e. The second-order valence-electron chi connectivity index (χ2n) is 10.3. The molecule has 2 aliphatic heterocycles. The van der Waals surface area contributed by atoms with Gasteiger partial charge in [-0.15, -0.1) is 0 Å². The SMILES string of the molecule is CC1(C)CCC(c2nc(-c3ncn4c3c(=O)n(CCN3CCC(O)CC3)c3c(Cl)cccc34)no2)O1. The Hall–Kier alpha value is -2.79. The molecule has 2 saturated heterocycles. The van der Waals surface area contributed by atoms with Crippen LogP contribution in [0, 0.1) is 0 Å². The van der Waals surface area contributed by atoms with Gasteiger partial charge in [-0.3, -0.25) is 9.20 Å². The van der Waals surface area contributed by atoms with Crippen LogP contribution in [0.15, 0.2) is 33.8 Å². The lowest BCUT2D eigenvalue weighted by molar-refractivity contribution is -0.0292. The van der Waals surface area contributed by atoms with E-state index in [4.69, 9.17) is 20.9 Å². The van der Waals surface area contributed by atoms with Crippen LogP contribution in [0.2, 0.25) is 5.02 Å². The van der Waals surface area contributed by atoms with E-state index in [1.54, 1.807) is 21.4 Å². The summed E-state index contributed by atoms with van der Waals surface area (Å²) < 4.78 is 15.0. The lowest BCUT2D eigenvalue weighted by Crippen LogP contribution is -2.39. The molecule has 36 heavy (non-hydrogen) atoms. The number of hydrogen-bond donors (Lipinski definition) is 1. The van der Waals surface area contributed by atoms with Crippen molar-refractivity contribution >= 4 is 28.2 Å². The molecule has 0 amide bonds. The summed E-state index contributed by atoms with van der Waals surface area (Å²) in [6.07, 6.45) is 4.26. The highest BCUT2D eigenvalue weighted by molar-refractivity contribution is 6.35. The highest BCUT2D eigenvalue weighted by Gasteiger charge is 2.36. The first kappa shape index (κ1) is 23.6. The molecule has 4 aromatic rings. The molecule has 0 saturated carbocycles. The van der Waals surface area contributed by atoms with Gasteiger partial charge in [0.05, 0.1) is 27.8 Å². The highest BCUT2D eigenvalue weighted by atomic mass is 35.5. The van der Waals surface area contributed by atoms with E-state index in [2.05, 4.69) is 20.0 Å². The molecule has 0 aliphatic carbocycles. The predicted octanol–water partition coefficient (Wildman–Crippen LogP) is 3.44. The molecule has 0 spiro atoms. The Kier molecular flexibility index (Phi) is 5.87. The van der Waals surface area contributed by atoms with Crippen LogP contribution >= 0.6 is 11.6 Å². The Balaban J connectivity index is 1.41. The smallest absolute Gasteiger partial charge is 0.277 e. The Morgan fingerprint density at radius 2 is 1.97 bits per heavy atom. The molecule has 10 nitrogen and oxygen atoms in total. The van der Waals surface area contributed by atoms with Gasteiger partial charge >= 0.3 is 0 Å². The molecule has 1 aromatic carbocycles. The number of aliphatic hydroxyl groups excluding tert-OH is 1. The zero-order valence-electron chi connectivity index (χ0n) is 20.4. The zero-order chi connectivity index (χ0) is 25.0. The van der Waals surface area contributed by atoms with Gasteiger partial charge in [-0.05, 0) is 51.7 Å². The standard InChI is InChI=1S/C25H29ClN6O4/c1-25(2)9-6-18(35-25)23-28-22(29-36-23)19-21-24(34)31(13-12-30-10-7-15(33)8-11-30)20-16(26)4-3-5-17(20)32(21)14-27-19/h3-5,14-15,18,33H,6-13H2,1-2H3. The second kappa shape index (κ2) is 8.95. The van der Waals surface area contributed by atoms with Gasteiger partial charge in [0.1, 0.15) is 23.6 Å². The molecule has 6 rings (SSSR count). The zero-order valence-corrected chi connectivity index (χ0v) is 21.1. The van der Waals surface area contributed by atoms with Gasteiger partial charge in [-0.1, -0.05) is 22.8 Å². The topological polar surface area (TPSA) is 111 Å².